The molecule has 20 heavy (non-hydrogen) atoms. The van der Waals surface area contributed by atoms with Crippen LogP contribution in [0.3, 0.4) is 0 Å². The third-order valence-corrected chi connectivity index (χ3v) is 2.86. The lowest BCUT2D eigenvalue weighted by atomic mass is 10.1. The van der Waals surface area contributed by atoms with Crippen molar-refractivity contribution in [3.05, 3.63) is 90.0 Å². The van der Waals surface area contributed by atoms with Gasteiger partial charge in [0.15, 0.2) is 0 Å². The first-order chi connectivity index (χ1) is 9.66. The maximum Gasteiger partial charge on any atom is 0.0708 e. The van der Waals surface area contributed by atoms with Crippen LogP contribution in [-0.2, 0) is 0 Å². The Hall–Kier alpha value is -2.41. The van der Waals surface area contributed by atoms with E-state index < -0.39 is 0 Å². The van der Waals surface area contributed by atoms with Gasteiger partial charge in [0.1, 0.15) is 0 Å². The van der Waals surface area contributed by atoms with E-state index in [1.165, 1.54) is 5.57 Å². The van der Waals surface area contributed by atoms with Crippen molar-refractivity contribution in [1.29, 1.82) is 0 Å². The van der Waals surface area contributed by atoms with E-state index in [1.807, 2.05) is 48.5 Å². The van der Waals surface area contributed by atoms with E-state index in [1.54, 1.807) is 0 Å². The summed E-state index contributed by atoms with van der Waals surface area (Å²) in [5, 5.41) is 0. The lowest BCUT2D eigenvalue weighted by Gasteiger charge is -2.06. The largest absolute Gasteiger partial charge is 0.248 e. The van der Waals surface area contributed by atoms with Crippen molar-refractivity contribution >= 4 is 11.4 Å². The Morgan fingerprint density at radius 2 is 1.35 bits per heavy atom. The van der Waals surface area contributed by atoms with Gasteiger partial charge in [0, 0.05) is 5.56 Å². The summed E-state index contributed by atoms with van der Waals surface area (Å²) in [5.41, 5.74) is 5.09. The smallest absolute Gasteiger partial charge is 0.0708 e. The zero-order valence-corrected chi connectivity index (χ0v) is 12.0. The van der Waals surface area contributed by atoms with E-state index in [0.29, 0.717) is 0 Å². The Morgan fingerprint density at radius 3 is 1.85 bits per heavy atom. The number of aliphatic imine (C=N–C) groups is 1. The van der Waals surface area contributed by atoms with Crippen LogP contribution < -0.4 is 0 Å². The molecule has 2 aromatic carbocycles. The number of nitrogens with zero attached hydrogens (tertiary/aromatic N) is 1. The average molecular weight is 261 g/mol. The molecule has 1 nitrogen and oxygen atoms in total. The second-order valence-corrected chi connectivity index (χ2v) is 4.90. The molecule has 0 saturated heterocycles. The van der Waals surface area contributed by atoms with E-state index >= 15 is 0 Å². The van der Waals surface area contributed by atoms with Crippen LogP contribution in [-0.4, -0.2) is 5.71 Å². The maximum atomic E-state index is 4.70. The van der Waals surface area contributed by atoms with E-state index in [-0.39, 0.29) is 0 Å². The highest BCUT2D eigenvalue weighted by molar-refractivity contribution is 6.11. The quantitative estimate of drug-likeness (QED) is 0.678. The van der Waals surface area contributed by atoms with Crippen molar-refractivity contribution in [2.75, 3.05) is 0 Å². The van der Waals surface area contributed by atoms with Crippen LogP contribution in [0.15, 0.2) is 83.9 Å². The van der Waals surface area contributed by atoms with Crippen molar-refractivity contribution < 1.29 is 0 Å². The van der Waals surface area contributed by atoms with Gasteiger partial charge in [0.2, 0.25) is 0 Å². The van der Waals surface area contributed by atoms with Gasteiger partial charge < -0.3 is 0 Å². The van der Waals surface area contributed by atoms with Gasteiger partial charge in [-0.1, -0.05) is 72.8 Å². The van der Waals surface area contributed by atoms with Crippen molar-refractivity contribution in [2.24, 2.45) is 4.99 Å². The number of hydrogen-bond acceptors (Lipinski definition) is 1. The van der Waals surface area contributed by atoms with E-state index in [2.05, 4.69) is 38.6 Å². The number of allylic oxidation sites excluding steroid dienone is 2. The minimum Gasteiger partial charge on any atom is -0.248 e. The normalized spacial score (nSPS) is 11.0. The highest BCUT2D eigenvalue weighted by atomic mass is 14.8. The second-order valence-electron chi connectivity index (χ2n) is 4.90. The van der Waals surface area contributed by atoms with Crippen molar-refractivity contribution in [2.45, 2.75) is 13.8 Å². The Bertz CT molecular complexity index is 630. The van der Waals surface area contributed by atoms with Crippen molar-refractivity contribution in [1.82, 2.24) is 0 Å². The summed E-state index contributed by atoms with van der Waals surface area (Å²) in [6.07, 6.45) is 2.09. The van der Waals surface area contributed by atoms with E-state index in [9.17, 15) is 0 Å². The molecule has 0 aliphatic carbocycles. The molecule has 0 amide bonds. The molecule has 1 heteroatoms. The molecule has 0 heterocycles. The zero-order chi connectivity index (χ0) is 14.4. The third-order valence-electron chi connectivity index (χ3n) is 2.86. The number of rotatable bonds is 4. The number of hydrogen-bond donors (Lipinski definition) is 0. The van der Waals surface area contributed by atoms with Gasteiger partial charge in [-0.05, 0) is 25.5 Å². The Kier molecular flexibility index (Phi) is 4.67. The van der Waals surface area contributed by atoms with Crippen LogP contribution in [0.2, 0.25) is 0 Å². The minimum atomic E-state index is 0.780. The lowest BCUT2D eigenvalue weighted by Crippen LogP contribution is -1.98. The molecule has 100 valence electrons. The number of benzene rings is 2. The van der Waals surface area contributed by atoms with E-state index in [4.69, 9.17) is 4.99 Å². The molecule has 0 aliphatic rings. The topological polar surface area (TPSA) is 12.4 Å². The molecule has 2 rings (SSSR count). The molecule has 0 N–H and O–H groups in total. The molecule has 0 atom stereocenters. The molecule has 0 unspecified atom stereocenters. The Morgan fingerprint density at radius 1 is 0.850 bits per heavy atom. The maximum absolute atomic E-state index is 4.70. The highest BCUT2D eigenvalue weighted by Crippen LogP contribution is 2.16. The Balaban J connectivity index is 2.40. The standard InChI is InChI=1S/C19H19N/c1-15(2)14-19(18-12-8-5-9-13-18)20-16(3)17-10-6-4-7-11-17/h4-14H,3H2,1-2H3. The molecule has 0 fully saturated rings. The molecule has 0 spiro atoms. The van der Waals surface area contributed by atoms with Crippen LogP contribution in [0.5, 0.6) is 0 Å². The summed E-state index contributed by atoms with van der Waals surface area (Å²) < 4.78 is 0. The first-order valence-electron chi connectivity index (χ1n) is 6.70. The predicted octanol–water partition coefficient (Wildman–Crippen LogP) is 5.11. The Labute approximate surface area is 121 Å². The summed E-state index contributed by atoms with van der Waals surface area (Å²) >= 11 is 0. The molecular formula is C19H19N. The molecular weight excluding hydrogens is 242 g/mol. The fourth-order valence-electron chi connectivity index (χ4n) is 1.90. The van der Waals surface area contributed by atoms with Crippen molar-refractivity contribution in [3.63, 3.8) is 0 Å². The van der Waals surface area contributed by atoms with Gasteiger partial charge in [-0.25, -0.2) is 4.99 Å². The molecule has 0 radical (unpaired) electrons. The van der Waals surface area contributed by atoms with Crippen LogP contribution >= 0.6 is 0 Å². The summed E-state index contributed by atoms with van der Waals surface area (Å²) in [4.78, 5) is 4.70. The summed E-state index contributed by atoms with van der Waals surface area (Å²) in [7, 11) is 0. The van der Waals surface area contributed by atoms with Gasteiger partial charge in [-0.2, -0.15) is 0 Å². The predicted molar refractivity (Wildman–Crippen MR) is 87.9 cm³/mol. The first kappa shape index (κ1) is 14.0. The minimum absolute atomic E-state index is 0.780. The summed E-state index contributed by atoms with van der Waals surface area (Å²) in [6.45, 7) is 8.23. The monoisotopic (exact) mass is 261 g/mol. The van der Waals surface area contributed by atoms with E-state index in [0.717, 1.165) is 22.5 Å². The van der Waals surface area contributed by atoms with Gasteiger partial charge in [0.05, 0.1) is 11.4 Å². The van der Waals surface area contributed by atoms with Crippen LogP contribution in [0.4, 0.5) is 0 Å². The fourth-order valence-corrected chi connectivity index (χ4v) is 1.90. The fraction of sp³-hybridized carbons (Fsp3) is 0.105. The third kappa shape index (κ3) is 3.79. The molecule has 2 aromatic rings. The molecule has 0 aliphatic heterocycles. The van der Waals surface area contributed by atoms with Crippen molar-refractivity contribution in [3.8, 4) is 0 Å². The summed E-state index contributed by atoms with van der Waals surface area (Å²) in [6, 6.07) is 20.2. The van der Waals surface area contributed by atoms with Gasteiger partial charge >= 0.3 is 0 Å². The van der Waals surface area contributed by atoms with Crippen LogP contribution in [0.25, 0.3) is 5.70 Å². The molecule has 0 bridgehead atoms. The molecule has 0 saturated carbocycles. The zero-order valence-electron chi connectivity index (χ0n) is 12.0. The molecule has 0 aromatic heterocycles. The highest BCUT2D eigenvalue weighted by Gasteiger charge is 2.02. The summed E-state index contributed by atoms with van der Waals surface area (Å²) in [5.74, 6) is 0. The SMILES string of the molecule is C=C(N=C(C=C(C)C)c1ccccc1)c1ccccc1. The average Bonchev–Trinajstić information content (AvgIpc) is 2.48. The van der Waals surface area contributed by atoms with Crippen LogP contribution in [0, 0.1) is 0 Å². The van der Waals surface area contributed by atoms with Gasteiger partial charge in [0.25, 0.3) is 0 Å². The van der Waals surface area contributed by atoms with Gasteiger partial charge in [-0.15, -0.1) is 0 Å². The lowest BCUT2D eigenvalue weighted by molar-refractivity contribution is 1.39. The van der Waals surface area contributed by atoms with Gasteiger partial charge in [-0.3, -0.25) is 0 Å². The second kappa shape index (κ2) is 6.67. The first-order valence-corrected chi connectivity index (χ1v) is 6.70. The van der Waals surface area contributed by atoms with Crippen LogP contribution in [0.1, 0.15) is 25.0 Å².